The first-order valence-electron chi connectivity index (χ1n) is 14.2. The van der Waals surface area contributed by atoms with E-state index in [2.05, 4.69) is 36.4 Å². The van der Waals surface area contributed by atoms with Gasteiger partial charge in [-0.3, -0.25) is 9.59 Å². The lowest BCUT2D eigenvalue weighted by atomic mass is 9.83. The van der Waals surface area contributed by atoms with Crippen molar-refractivity contribution in [3.63, 3.8) is 0 Å². The Morgan fingerprint density at radius 1 is 1.05 bits per heavy atom. The SMILES string of the molecule is CCCCNC(=O)C(CC(O)C(N)CC(CNC(=O)c1ncccc1OCCCCOC)C(C)C)C(C)C. The second-order valence-corrected chi connectivity index (χ2v) is 10.8. The van der Waals surface area contributed by atoms with Gasteiger partial charge in [-0.2, -0.15) is 0 Å². The predicted octanol–water partition coefficient (Wildman–Crippen LogP) is 3.55. The van der Waals surface area contributed by atoms with Crippen LogP contribution in [0.3, 0.4) is 0 Å². The molecule has 1 rings (SSSR count). The number of nitrogens with two attached hydrogens (primary N) is 1. The molecule has 0 radical (unpaired) electrons. The molecule has 0 aliphatic rings. The number of ether oxygens (including phenoxy) is 2. The van der Waals surface area contributed by atoms with Crippen LogP contribution in [0.25, 0.3) is 0 Å². The van der Waals surface area contributed by atoms with E-state index in [-0.39, 0.29) is 41.2 Å². The minimum atomic E-state index is -0.815. The number of carbonyl (C=O) groups is 2. The normalized spacial score (nSPS) is 14.7. The molecule has 0 saturated heterocycles. The third-order valence-corrected chi connectivity index (χ3v) is 6.99. The molecule has 4 atom stereocenters. The number of pyridine rings is 1. The van der Waals surface area contributed by atoms with Crippen molar-refractivity contribution < 1.29 is 24.2 Å². The number of hydrogen-bond donors (Lipinski definition) is 4. The fraction of sp³-hybridized carbons (Fsp3) is 0.759. The van der Waals surface area contributed by atoms with Gasteiger partial charge in [0.15, 0.2) is 11.4 Å². The first-order valence-corrected chi connectivity index (χ1v) is 14.2. The molecule has 0 aliphatic carbocycles. The Morgan fingerprint density at radius 2 is 1.76 bits per heavy atom. The summed E-state index contributed by atoms with van der Waals surface area (Å²) in [7, 11) is 1.67. The number of rotatable bonds is 20. The molecule has 1 aromatic heterocycles. The van der Waals surface area contributed by atoms with Gasteiger partial charge in [0, 0.05) is 45.0 Å². The van der Waals surface area contributed by atoms with Crippen molar-refractivity contribution in [2.24, 2.45) is 29.4 Å². The molecule has 218 valence electrons. The molecule has 4 unspecified atom stereocenters. The van der Waals surface area contributed by atoms with Crippen LogP contribution >= 0.6 is 0 Å². The molecule has 0 spiro atoms. The van der Waals surface area contributed by atoms with Crippen molar-refractivity contribution in [3.8, 4) is 5.75 Å². The first-order chi connectivity index (χ1) is 18.1. The Hall–Kier alpha value is -2.23. The van der Waals surface area contributed by atoms with Crippen LogP contribution < -0.4 is 21.1 Å². The van der Waals surface area contributed by atoms with Crippen LogP contribution in [-0.2, 0) is 9.53 Å². The van der Waals surface area contributed by atoms with E-state index in [0.29, 0.717) is 44.9 Å². The van der Waals surface area contributed by atoms with Gasteiger partial charge in [-0.1, -0.05) is 41.0 Å². The van der Waals surface area contributed by atoms with Gasteiger partial charge in [-0.15, -0.1) is 0 Å². The van der Waals surface area contributed by atoms with Crippen molar-refractivity contribution in [1.29, 1.82) is 0 Å². The van der Waals surface area contributed by atoms with Crippen molar-refractivity contribution >= 4 is 11.8 Å². The lowest BCUT2D eigenvalue weighted by Gasteiger charge is -2.30. The number of amides is 2. The molecule has 9 nitrogen and oxygen atoms in total. The molecule has 38 heavy (non-hydrogen) atoms. The Balaban J connectivity index is 2.70. The highest BCUT2D eigenvalue weighted by molar-refractivity contribution is 5.94. The van der Waals surface area contributed by atoms with Gasteiger partial charge in [-0.25, -0.2) is 4.98 Å². The number of nitrogens with one attached hydrogen (secondary N) is 2. The summed E-state index contributed by atoms with van der Waals surface area (Å²) in [5, 5.41) is 16.9. The highest BCUT2D eigenvalue weighted by Crippen LogP contribution is 2.23. The fourth-order valence-corrected chi connectivity index (χ4v) is 4.25. The molecule has 0 bridgehead atoms. The van der Waals surface area contributed by atoms with Crippen LogP contribution in [0.4, 0.5) is 0 Å². The summed E-state index contributed by atoms with van der Waals surface area (Å²) in [6.45, 7) is 12.4. The smallest absolute Gasteiger partial charge is 0.273 e. The van der Waals surface area contributed by atoms with E-state index in [1.807, 2.05) is 13.8 Å². The summed E-state index contributed by atoms with van der Waals surface area (Å²) >= 11 is 0. The maximum atomic E-state index is 13.0. The van der Waals surface area contributed by atoms with Crippen molar-refractivity contribution in [3.05, 3.63) is 24.0 Å². The number of aliphatic hydroxyl groups is 1. The minimum Gasteiger partial charge on any atom is -0.491 e. The average molecular weight is 537 g/mol. The topological polar surface area (TPSA) is 136 Å². The minimum absolute atomic E-state index is 0.0283. The maximum absolute atomic E-state index is 13.0. The molecule has 0 fully saturated rings. The zero-order valence-electron chi connectivity index (χ0n) is 24.4. The van der Waals surface area contributed by atoms with E-state index in [9.17, 15) is 14.7 Å². The van der Waals surface area contributed by atoms with Crippen LogP contribution in [0.15, 0.2) is 18.3 Å². The third-order valence-electron chi connectivity index (χ3n) is 6.99. The van der Waals surface area contributed by atoms with Gasteiger partial charge in [0.2, 0.25) is 5.91 Å². The van der Waals surface area contributed by atoms with Gasteiger partial charge in [0.25, 0.3) is 5.91 Å². The quantitative estimate of drug-likeness (QED) is 0.187. The number of aliphatic hydroxyl groups excluding tert-OH is 1. The summed E-state index contributed by atoms with van der Waals surface area (Å²) < 4.78 is 10.9. The van der Waals surface area contributed by atoms with Crippen molar-refractivity contribution in [1.82, 2.24) is 15.6 Å². The van der Waals surface area contributed by atoms with Crippen LogP contribution in [0, 0.1) is 23.7 Å². The van der Waals surface area contributed by atoms with Gasteiger partial charge in [-0.05, 0) is 62.0 Å². The zero-order chi connectivity index (χ0) is 28.5. The molecule has 0 aromatic carbocycles. The fourth-order valence-electron chi connectivity index (χ4n) is 4.25. The Morgan fingerprint density at radius 3 is 2.39 bits per heavy atom. The zero-order valence-corrected chi connectivity index (χ0v) is 24.4. The van der Waals surface area contributed by atoms with Gasteiger partial charge in [0.05, 0.1) is 12.7 Å². The number of unbranched alkanes of at least 4 members (excludes halogenated alkanes) is 2. The summed E-state index contributed by atoms with van der Waals surface area (Å²) in [5.74, 6) is 0.178. The largest absolute Gasteiger partial charge is 0.491 e. The highest BCUT2D eigenvalue weighted by atomic mass is 16.5. The Bertz CT molecular complexity index is 805. The molecule has 1 heterocycles. The van der Waals surface area contributed by atoms with E-state index in [4.69, 9.17) is 15.2 Å². The lowest BCUT2D eigenvalue weighted by molar-refractivity contribution is -0.127. The van der Waals surface area contributed by atoms with E-state index in [0.717, 1.165) is 25.7 Å². The molecule has 9 heteroatoms. The molecule has 0 aliphatic heterocycles. The number of carbonyl (C=O) groups excluding carboxylic acids is 2. The molecule has 1 aromatic rings. The van der Waals surface area contributed by atoms with Crippen LogP contribution in [0.2, 0.25) is 0 Å². The van der Waals surface area contributed by atoms with Gasteiger partial charge in [0.1, 0.15) is 0 Å². The van der Waals surface area contributed by atoms with E-state index >= 15 is 0 Å². The Labute approximate surface area is 229 Å². The lowest BCUT2D eigenvalue weighted by Crippen LogP contribution is -2.44. The Kier molecular flexibility index (Phi) is 16.8. The molecular weight excluding hydrogens is 484 g/mol. The summed E-state index contributed by atoms with van der Waals surface area (Å²) in [6, 6.07) is 2.98. The van der Waals surface area contributed by atoms with Crippen LogP contribution in [0.1, 0.15) is 83.6 Å². The molecular formula is C29H52N4O5. The van der Waals surface area contributed by atoms with Crippen LogP contribution in [0.5, 0.6) is 5.75 Å². The second kappa shape index (κ2) is 18.9. The van der Waals surface area contributed by atoms with E-state index in [1.165, 1.54) is 0 Å². The summed E-state index contributed by atoms with van der Waals surface area (Å²) in [5.41, 5.74) is 6.67. The average Bonchev–Trinajstić information content (AvgIpc) is 2.88. The van der Waals surface area contributed by atoms with E-state index in [1.54, 1.807) is 25.4 Å². The standard InChI is InChI=1S/C29H52N4O5/c1-7-8-13-32-28(35)23(21(4)5)18-25(34)24(30)17-22(20(2)3)19-33-29(36)27-26(12-11-14-31-27)38-16-10-9-15-37-6/h11-12,14,20-25,34H,7-10,13,15-19,30H2,1-6H3,(H,32,35)(H,33,36). The molecule has 5 N–H and O–H groups in total. The van der Waals surface area contributed by atoms with Gasteiger partial charge >= 0.3 is 0 Å². The van der Waals surface area contributed by atoms with E-state index < -0.39 is 12.1 Å². The summed E-state index contributed by atoms with van der Waals surface area (Å²) in [6.07, 6.45) is 5.23. The number of aromatic nitrogens is 1. The number of methoxy groups -OCH3 is 1. The van der Waals surface area contributed by atoms with Gasteiger partial charge < -0.3 is 30.9 Å². The monoisotopic (exact) mass is 536 g/mol. The second-order valence-electron chi connectivity index (χ2n) is 10.8. The molecule has 0 saturated carbocycles. The molecule has 2 amide bonds. The maximum Gasteiger partial charge on any atom is 0.273 e. The van der Waals surface area contributed by atoms with Crippen molar-refractivity contribution in [2.45, 2.75) is 85.3 Å². The first kappa shape index (κ1) is 33.8. The predicted molar refractivity (Wildman–Crippen MR) is 151 cm³/mol. The number of nitrogens with zero attached hydrogens (tertiary/aromatic N) is 1. The summed E-state index contributed by atoms with van der Waals surface area (Å²) in [4.78, 5) is 29.9. The highest BCUT2D eigenvalue weighted by Gasteiger charge is 2.29. The van der Waals surface area contributed by atoms with Crippen LogP contribution in [-0.4, -0.2) is 67.5 Å². The van der Waals surface area contributed by atoms with Crippen molar-refractivity contribution in [2.75, 3.05) is 33.4 Å². The third kappa shape index (κ3) is 12.5. The number of hydrogen-bond acceptors (Lipinski definition) is 7.